The molecule has 0 aromatic rings. The first-order chi connectivity index (χ1) is 5.63. The van der Waals surface area contributed by atoms with Crippen molar-refractivity contribution in [2.75, 3.05) is 20.2 Å². The van der Waals surface area contributed by atoms with Gasteiger partial charge in [0, 0.05) is 26.2 Å². The first-order valence-corrected chi connectivity index (χ1v) is 4.22. The van der Waals surface area contributed by atoms with Crippen LogP contribution in [0.5, 0.6) is 0 Å². The van der Waals surface area contributed by atoms with Gasteiger partial charge in [-0.2, -0.15) is 0 Å². The molecule has 0 rings (SSSR count). The predicted octanol–water partition coefficient (Wildman–Crippen LogP) is 0.419. The Labute approximate surface area is 73.6 Å². The Balaban J connectivity index is 3.95. The molecular weight excluding hydrogens is 156 g/mol. The highest BCUT2D eigenvalue weighted by atomic mass is 16.3. The van der Waals surface area contributed by atoms with E-state index >= 15 is 0 Å². The molecule has 0 saturated carbocycles. The zero-order valence-corrected chi connectivity index (χ0v) is 8.00. The summed E-state index contributed by atoms with van der Waals surface area (Å²) in [5, 5.41) is 11.2. The summed E-state index contributed by atoms with van der Waals surface area (Å²) in [4.78, 5) is 12.9. The summed E-state index contributed by atoms with van der Waals surface area (Å²) >= 11 is 0. The SMILES string of the molecule is CNC(=O)N(CCCO)C(C)C. The first-order valence-electron chi connectivity index (χ1n) is 4.22. The van der Waals surface area contributed by atoms with Gasteiger partial charge in [-0.05, 0) is 20.3 Å². The molecule has 0 aliphatic heterocycles. The number of hydrogen-bond acceptors (Lipinski definition) is 2. The summed E-state index contributed by atoms with van der Waals surface area (Å²) in [5.74, 6) is 0. The summed E-state index contributed by atoms with van der Waals surface area (Å²) in [6.07, 6.45) is 0.631. The fraction of sp³-hybridized carbons (Fsp3) is 0.875. The van der Waals surface area contributed by atoms with Gasteiger partial charge in [-0.1, -0.05) is 0 Å². The minimum Gasteiger partial charge on any atom is -0.396 e. The lowest BCUT2D eigenvalue weighted by Crippen LogP contribution is -2.43. The molecule has 0 atom stereocenters. The van der Waals surface area contributed by atoms with Gasteiger partial charge in [-0.3, -0.25) is 0 Å². The zero-order valence-electron chi connectivity index (χ0n) is 8.00. The third kappa shape index (κ3) is 3.57. The van der Waals surface area contributed by atoms with Gasteiger partial charge in [-0.25, -0.2) is 4.79 Å². The predicted molar refractivity (Wildman–Crippen MR) is 48.0 cm³/mol. The Morgan fingerprint density at radius 1 is 1.58 bits per heavy atom. The van der Waals surface area contributed by atoms with E-state index in [4.69, 9.17) is 5.11 Å². The molecule has 0 spiro atoms. The lowest BCUT2D eigenvalue weighted by Gasteiger charge is -2.25. The molecule has 0 fully saturated rings. The van der Waals surface area contributed by atoms with Crippen molar-refractivity contribution in [3.05, 3.63) is 0 Å². The molecule has 0 aliphatic rings. The normalized spacial score (nSPS) is 10.1. The quantitative estimate of drug-likeness (QED) is 0.649. The van der Waals surface area contributed by atoms with Gasteiger partial charge in [0.2, 0.25) is 0 Å². The molecule has 0 aliphatic carbocycles. The Morgan fingerprint density at radius 3 is 2.50 bits per heavy atom. The topological polar surface area (TPSA) is 52.6 Å². The van der Waals surface area contributed by atoms with Gasteiger partial charge in [0.05, 0.1) is 0 Å². The summed E-state index contributed by atoms with van der Waals surface area (Å²) in [6, 6.07) is 0.0925. The highest BCUT2D eigenvalue weighted by Crippen LogP contribution is 1.99. The molecule has 0 aromatic carbocycles. The van der Waals surface area contributed by atoms with Crippen molar-refractivity contribution < 1.29 is 9.90 Å². The standard InChI is InChI=1S/C8H18N2O2/c1-7(2)10(5-4-6-11)8(12)9-3/h7,11H,4-6H2,1-3H3,(H,9,12). The van der Waals surface area contributed by atoms with Gasteiger partial charge in [0.15, 0.2) is 0 Å². The van der Waals surface area contributed by atoms with E-state index in [-0.39, 0.29) is 18.7 Å². The average Bonchev–Trinajstić information content (AvgIpc) is 2.04. The number of carbonyl (C=O) groups excluding carboxylic acids is 1. The second-order valence-corrected chi connectivity index (χ2v) is 2.92. The van der Waals surface area contributed by atoms with Crippen LogP contribution in [0.2, 0.25) is 0 Å². The largest absolute Gasteiger partial charge is 0.396 e. The fourth-order valence-corrected chi connectivity index (χ4v) is 0.979. The number of aliphatic hydroxyl groups is 1. The Bertz CT molecular complexity index is 137. The van der Waals surface area contributed by atoms with Crippen molar-refractivity contribution in [3.63, 3.8) is 0 Å². The van der Waals surface area contributed by atoms with Gasteiger partial charge in [0.25, 0.3) is 0 Å². The van der Waals surface area contributed by atoms with Gasteiger partial charge in [-0.15, -0.1) is 0 Å². The van der Waals surface area contributed by atoms with Crippen LogP contribution in [-0.4, -0.2) is 42.3 Å². The van der Waals surface area contributed by atoms with Gasteiger partial charge < -0.3 is 15.3 Å². The molecule has 4 heteroatoms. The summed E-state index contributed by atoms with van der Waals surface area (Å²) in [6.45, 7) is 4.63. The van der Waals surface area contributed by atoms with E-state index < -0.39 is 0 Å². The lowest BCUT2D eigenvalue weighted by atomic mass is 10.3. The number of nitrogens with zero attached hydrogens (tertiary/aromatic N) is 1. The maximum absolute atomic E-state index is 11.2. The third-order valence-electron chi connectivity index (χ3n) is 1.66. The average molecular weight is 174 g/mol. The van der Waals surface area contributed by atoms with Crippen LogP contribution in [0.4, 0.5) is 4.79 Å². The van der Waals surface area contributed by atoms with Gasteiger partial charge >= 0.3 is 6.03 Å². The van der Waals surface area contributed by atoms with Crippen LogP contribution in [0, 0.1) is 0 Å². The minimum atomic E-state index is -0.0848. The monoisotopic (exact) mass is 174 g/mol. The van der Waals surface area contributed by atoms with Crippen LogP contribution in [0.25, 0.3) is 0 Å². The van der Waals surface area contributed by atoms with E-state index in [1.54, 1.807) is 11.9 Å². The van der Waals surface area contributed by atoms with Crippen molar-refractivity contribution in [3.8, 4) is 0 Å². The van der Waals surface area contributed by atoms with Crippen molar-refractivity contribution in [2.45, 2.75) is 26.3 Å². The number of nitrogens with one attached hydrogen (secondary N) is 1. The number of rotatable bonds is 4. The number of aliphatic hydroxyl groups excluding tert-OH is 1. The molecule has 0 radical (unpaired) electrons. The summed E-state index contributed by atoms with van der Waals surface area (Å²) in [7, 11) is 1.61. The molecule has 0 saturated heterocycles. The summed E-state index contributed by atoms with van der Waals surface area (Å²) in [5.41, 5.74) is 0. The number of urea groups is 1. The van der Waals surface area contributed by atoms with E-state index in [1.807, 2.05) is 13.8 Å². The van der Waals surface area contributed by atoms with Crippen molar-refractivity contribution >= 4 is 6.03 Å². The van der Waals surface area contributed by atoms with Crippen molar-refractivity contribution in [1.29, 1.82) is 0 Å². The number of amides is 2. The zero-order chi connectivity index (χ0) is 9.56. The van der Waals surface area contributed by atoms with Crippen molar-refractivity contribution in [1.82, 2.24) is 10.2 Å². The molecule has 0 heterocycles. The maximum atomic E-state index is 11.2. The van der Waals surface area contributed by atoms with E-state index in [1.165, 1.54) is 0 Å². The Hall–Kier alpha value is -0.770. The molecule has 0 bridgehead atoms. The number of carbonyl (C=O) groups is 1. The molecule has 2 N–H and O–H groups in total. The second kappa shape index (κ2) is 5.83. The van der Waals surface area contributed by atoms with Crippen molar-refractivity contribution in [2.24, 2.45) is 0 Å². The van der Waals surface area contributed by atoms with Gasteiger partial charge in [0.1, 0.15) is 0 Å². The van der Waals surface area contributed by atoms with E-state index in [0.29, 0.717) is 13.0 Å². The fourth-order valence-electron chi connectivity index (χ4n) is 0.979. The van der Waals surface area contributed by atoms with Crippen LogP contribution < -0.4 is 5.32 Å². The van der Waals surface area contributed by atoms with Crippen LogP contribution in [0.3, 0.4) is 0 Å². The highest BCUT2D eigenvalue weighted by molar-refractivity contribution is 5.74. The Morgan fingerprint density at radius 2 is 2.17 bits per heavy atom. The molecule has 0 aromatic heterocycles. The van der Waals surface area contributed by atoms with Crippen LogP contribution in [-0.2, 0) is 0 Å². The second-order valence-electron chi connectivity index (χ2n) is 2.92. The lowest BCUT2D eigenvalue weighted by molar-refractivity contribution is 0.176. The van der Waals surface area contributed by atoms with Crippen LogP contribution >= 0.6 is 0 Å². The maximum Gasteiger partial charge on any atom is 0.317 e. The molecule has 4 nitrogen and oxygen atoms in total. The van der Waals surface area contributed by atoms with E-state index in [2.05, 4.69) is 5.32 Å². The smallest absolute Gasteiger partial charge is 0.317 e. The third-order valence-corrected chi connectivity index (χ3v) is 1.66. The first kappa shape index (κ1) is 11.2. The minimum absolute atomic E-state index is 0.0848. The highest BCUT2D eigenvalue weighted by Gasteiger charge is 2.13. The molecular formula is C8H18N2O2. The van der Waals surface area contributed by atoms with E-state index in [0.717, 1.165) is 0 Å². The Kier molecular flexibility index (Phi) is 5.45. The summed E-state index contributed by atoms with van der Waals surface area (Å²) < 4.78 is 0. The van der Waals surface area contributed by atoms with Crippen LogP contribution in [0.1, 0.15) is 20.3 Å². The number of hydrogen-bond donors (Lipinski definition) is 2. The van der Waals surface area contributed by atoms with E-state index in [9.17, 15) is 4.79 Å². The molecule has 2 amide bonds. The molecule has 72 valence electrons. The van der Waals surface area contributed by atoms with Crippen LogP contribution in [0.15, 0.2) is 0 Å². The molecule has 0 unspecified atom stereocenters. The molecule has 12 heavy (non-hydrogen) atoms.